The van der Waals surface area contributed by atoms with E-state index in [0.29, 0.717) is 11.7 Å². The van der Waals surface area contributed by atoms with E-state index >= 15 is 0 Å². The number of furan rings is 1. The number of ether oxygens (including phenoxy) is 1. The van der Waals surface area contributed by atoms with Gasteiger partial charge in [-0.1, -0.05) is 13.8 Å². The van der Waals surface area contributed by atoms with Crippen LogP contribution in [0.25, 0.3) is 0 Å². The first-order valence-corrected chi connectivity index (χ1v) is 5.34. The Morgan fingerprint density at radius 2 is 2.43 bits per heavy atom. The van der Waals surface area contributed by atoms with E-state index in [2.05, 4.69) is 13.8 Å². The predicted molar refractivity (Wildman–Crippen MR) is 60.4 cm³/mol. The number of hydrogen-bond donors (Lipinski definition) is 0. The molecule has 0 N–H and O–H groups in total. The van der Waals surface area contributed by atoms with Gasteiger partial charge in [-0.3, -0.25) is 0 Å². The number of rotatable bonds is 5. The second kappa shape index (κ2) is 5.81. The fourth-order valence-corrected chi connectivity index (χ4v) is 1.33. The largest absolute Gasteiger partial charge is 0.487 e. The summed E-state index contributed by atoms with van der Waals surface area (Å²) in [7, 11) is 0. The Kier molecular flexibility index (Phi) is 4.66. The van der Waals surface area contributed by atoms with Crippen LogP contribution in [0.3, 0.4) is 0 Å². The van der Waals surface area contributed by atoms with Gasteiger partial charge in [-0.05, 0) is 30.8 Å². The van der Waals surface area contributed by atoms with Crippen molar-refractivity contribution in [3.05, 3.63) is 24.2 Å². The highest BCUT2D eigenvalue weighted by Gasteiger charge is 2.11. The molecule has 0 radical (unpaired) electrons. The predicted octanol–water partition coefficient (Wildman–Crippen LogP) is 3.21. The van der Waals surface area contributed by atoms with Gasteiger partial charge < -0.3 is 9.15 Å². The highest BCUT2D eigenvalue weighted by Crippen LogP contribution is 2.11. The molecule has 0 saturated carbocycles. The molecule has 0 spiro atoms. The molecule has 3 heteroatoms. The van der Waals surface area contributed by atoms with Crippen molar-refractivity contribution in [1.29, 1.82) is 0 Å². The fraction of sp³-hybridized carbons (Fsp3) is 0.545. The van der Waals surface area contributed by atoms with Gasteiger partial charge >= 0.3 is 0 Å². The standard InChI is InChI=1S/C11H16O2S/c1-3-6-13-11(14)9(2)8-10-5-4-7-12-10/h4-5,7,9H,3,6,8H2,1-2H3. The van der Waals surface area contributed by atoms with Crippen LogP contribution in [0.4, 0.5) is 0 Å². The highest BCUT2D eigenvalue weighted by molar-refractivity contribution is 7.80. The molecule has 2 nitrogen and oxygen atoms in total. The summed E-state index contributed by atoms with van der Waals surface area (Å²) in [4.78, 5) is 0. The van der Waals surface area contributed by atoms with E-state index in [0.717, 1.165) is 18.6 Å². The van der Waals surface area contributed by atoms with E-state index in [9.17, 15) is 0 Å². The first-order valence-electron chi connectivity index (χ1n) is 4.93. The van der Waals surface area contributed by atoms with Crippen molar-refractivity contribution < 1.29 is 9.15 Å². The summed E-state index contributed by atoms with van der Waals surface area (Å²) in [6, 6.07) is 3.84. The molecule has 1 atom stereocenters. The van der Waals surface area contributed by atoms with Crippen LogP contribution in [0.5, 0.6) is 0 Å². The lowest BCUT2D eigenvalue weighted by Gasteiger charge is -2.12. The topological polar surface area (TPSA) is 22.4 Å². The summed E-state index contributed by atoms with van der Waals surface area (Å²) in [6.45, 7) is 4.83. The quantitative estimate of drug-likeness (QED) is 0.700. The van der Waals surface area contributed by atoms with Crippen LogP contribution in [-0.2, 0) is 11.2 Å². The highest BCUT2D eigenvalue weighted by atomic mass is 32.1. The second-order valence-electron chi connectivity index (χ2n) is 3.35. The van der Waals surface area contributed by atoms with E-state index in [4.69, 9.17) is 21.4 Å². The van der Waals surface area contributed by atoms with E-state index in [1.807, 2.05) is 12.1 Å². The van der Waals surface area contributed by atoms with Gasteiger partial charge in [0.1, 0.15) is 5.76 Å². The Morgan fingerprint density at radius 3 is 3.00 bits per heavy atom. The van der Waals surface area contributed by atoms with E-state index < -0.39 is 0 Å². The smallest absolute Gasteiger partial charge is 0.162 e. The molecule has 78 valence electrons. The molecular formula is C11H16O2S. The lowest BCUT2D eigenvalue weighted by Crippen LogP contribution is -2.15. The zero-order chi connectivity index (χ0) is 10.4. The minimum Gasteiger partial charge on any atom is -0.487 e. The third kappa shape index (κ3) is 3.50. The Hall–Kier alpha value is -0.830. The third-order valence-corrected chi connectivity index (χ3v) is 2.46. The lowest BCUT2D eigenvalue weighted by molar-refractivity contribution is 0.290. The minimum absolute atomic E-state index is 0.239. The molecule has 0 bridgehead atoms. The summed E-state index contributed by atoms with van der Waals surface area (Å²) >= 11 is 5.15. The minimum atomic E-state index is 0.239. The molecule has 0 aliphatic heterocycles. The van der Waals surface area contributed by atoms with E-state index in [1.54, 1.807) is 6.26 Å². The maximum Gasteiger partial charge on any atom is 0.162 e. The van der Waals surface area contributed by atoms with Crippen molar-refractivity contribution in [2.45, 2.75) is 26.7 Å². The SMILES string of the molecule is CCCOC(=S)C(C)Cc1ccco1. The molecule has 0 aromatic carbocycles. The van der Waals surface area contributed by atoms with Crippen LogP contribution >= 0.6 is 12.2 Å². The third-order valence-electron chi connectivity index (χ3n) is 1.94. The van der Waals surface area contributed by atoms with Crippen LogP contribution < -0.4 is 0 Å². The molecule has 0 fully saturated rings. The van der Waals surface area contributed by atoms with Gasteiger partial charge in [0.05, 0.1) is 12.9 Å². The van der Waals surface area contributed by atoms with E-state index in [1.165, 1.54) is 0 Å². The number of thiocarbonyl (C=S) groups is 1. The maximum absolute atomic E-state index is 5.39. The van der Waals surface area contributed by atoms with Gasteiger partial charge in [0, 0.05) is 12.3 Å². The van der Waals surface area contributed by atoms with Crippen molar-refractivity contribution >= 4 is 17.3 Å². The average Bonchev–Trinajstić information content (AvgIpc) is 2.66. The van der Waals surface area contributed by atoms with Crippen molar-refractivity contribution in [2.75, 3.05) is 6.61 Å². The molecular weight excluding hydrogens is 196 g/mol. The fourth-order valence-electron chi connectivity index (χ4n) is 1.16. The van der Waals surface area contributed by atoms with Crippen molar-refractivity contribution in [1.82, 2.24) is 0 Å². The van der Waals surface area contributed by atoms with Crippen molar-refractivity contribution in [3.8, 4) is 0 Å². The van der Waals surface area contributed by atoms with Crippen LogP contribution in [-0.4, -0.2) is 11.7 Å². The molecule has 0 amide bonds. The second-order valence-corrected chi connectivity index (χ2v) is 3.75. The first kappa shape index (κ1) is 11.2. The van der Waals surface area contributed by atoms with Crippen LogP contribution in [0.1, 0.15) is 26.0 Å². The zero-order valence-corrected chi connectivity index (χ0v) is 9.47. The normalized spacial score (nSPS) is 12.4. The molecule has 1 aromatic heterocycles. The molecule has 0 saturated heterocycles. The maximum atomic E-state index is 5.39. The Balaban J connectivity index is 2.34. The molecule has 1 heterocycles. The van der Waals surface area contributed by atoms with Crippen LogP contribution in [0.2, 0.25) is 0 Å². The monoisotopic (exact) mass is 212 g/mol. The molecule has 1 rings (SSSR count). The van der Waals surface area contributed by atoms with Crippen molar-refractivity contribution in [3.63, 3.8) is 0 Å². The first-order chi connectivity index (χ1) is 6.74. The Labute approximate surface area is 90.3 Å². The summed E-state index contributed by atoms with van der Waals surface area (Å²) in [5, 5.41) is 0.684. The zero-order valence-electron chi connectivity index (χ0n) is 8.66. The number of hydrogen-bond acceptors (Lipinski definition) is 3. The lowest BCUT2D eigenvalue weighted by atomic mass is 10.1. The summed E-state index contributed by atoms with van der Waals surface area (Å²) in [5.41, 5.74) is 0. The Morgan fingerprint density at radius 1 is 1.64 bits per heavy atom. The average molecular weight is 212 g/mol. The molecule has 1 aromatic rings. The van der Waals surface area contributed by atoms with Crippen LogP contribution in [0, 0.1) is 5.92 Å². The Bertz CT molecular complexity index is 267. The summed E-state index contributed by atoms with van der Waals surface area (Å²) in [6.07, 6.45) is 3.49. The molecule has 1 unspecified atom stereocenters. The van der Waals surface area contributed by atoms with Gasteiger partial charge in [0.2, 0.25) is 0 Å². The molecule has 0 aliphatic rings. The van der Waals surface area contributed by atoms with Gasteiger partial charge in [-0.2, -0.15) is 0 Å². The summed E-state index contributed by atoms with van der Waals surface area (Å²) < 4.78 is 10.6. The van der Waals surface area contributed by atoms with Gasteiger partial charge in [-0.15, -0.1) is 0 Å². The molecule has 14 heavy (non-hydrogen) atoms. The molecule has 0 aliphatic carbocycles. The summed E-state index contributed by atoms with van der Waals surface area (Å²) in [5.74, 6) is 1.20. The van der Waals surface area contributed by atoms with Crippen molar-refractivity contribution in [2.24, 2.45) is 5.92 Å². The van der Waals surface area contributed by atoms with Gasteiger partial charge in [0.15, 0.2) is 5.05 Å². The van der Waals surface area contributed by atoms with Crippen LogP contribution in [0.15, 0.2) is 22.8 Å². The van der Waals surface area contributed by atoms with Gasteiger partial charge in [0.25, 0.3) is 0 Å². The van der Waals surface area contributed by atoms with Gasteiger partial charge in [-0.25, -0.2) is 0 Å². The van der Waals surface area contributed by atoms with E-state index in [-0.39, 0.29) is 5.92 Å².